The molecule has 0 aliphatic rings. The molecular formula is C3H3AuFeNiO. The van der Waals surface area contributed by atoms with Gasteiger partial charge in [-0.2, -0.15) is 0 Å². The van der Waals surface area contributed by atoms with Crippen molar-refractivity contribution >= 4 is 6.29 Å². The molecule has 50 valence electrons. The summed E-state index contributed by atoms with van der Waals surface area (Å²) in [6.07, 6.45) is 2.51. The Morgan fingerprint density at radius 1 is 1.57 bits per heavy atom. The fourth-order valence-electron chi connectivity index (χ4n) is 0. The third-order valence-corrected chi connectivity index (χ3v) is 0.0833. The van der Waals surface area contributed by atoms with Crippen LogP contribution in [0, 0.1) is 0 Å². The second-order valence-corrected chi connectivity index (χ2v) is 0.322. The van der Waals surface area contributed by atoms with Gasteiger partial charge in [-0.1, -0.05) is 0 Å². The standard InChI is InChI=1S/C3H3O.Au.Fe.Ni/c1-2-3-4;;;/h2H,1H2;;;/q-1;+1;;. The summed E-state index contributed by atoms with van der Waals surface area (Å²) >= 11 is 0. The van der Waals surface area contributed by atoms with Crippen molar-refractivity contribution in [2.75, 3.05) is 0 Å². The van der Waals surface area contributed by atoms with E-state index in [1.165, 1.54) is 6.29 Å². The molecule has 0 amide bonds. The number of allylic oxidation sites excluding steroid dienone is 1. The Labute approximate surface area is 79.2 Å². The molecule has 0 atom stereocenters. The van der Waals surface area contributed by atoms with Gasteiger partial charge in [-0.15, -0.1) is 0 Å². The molecule has 0 aromatic carbocycles. The van der Waals surface area contributed by atoms with E-state index in [1.807, 2.05) is 0 Å². The molecule has 0 bridgehead atoms. The third kappa shape index (κ3) is 40.8. The minimum atomic E-state index is 0. The van der Waals surface area contributed by atoms with E-state index >= 15 is 0 Å². The fourth-order valence-corrected chi connectivity index (χ4v) is 0. The maximum Gasteiger partial charge on any atom is 1.00 e. The van der Waals surface area contributed by atoms with Gasteiger partial charge in [0, 0.05) is 33.6 Å². The van der Waals surface area contributed by atoms with Crippen LogP contribution in [0.5, 0.6) is 0 Å². The van der Waals surface area contributed by atoms with Crippen LogP contribution in [0.1, 0.15) is 0 Å². The Kier molecular flexibility index (Phi) is 93.9. The van der Waals surface area contributed by atoms with E-state index in [-0.39, 0.29) is 55.9 Å². The summed E-state index contributed by atoms with van der Waals surface area (Å²) in [7, 11) is 0. The minimum absolute atomic E-state index is 0. The fraction of sp³-hybridized carbons (Fsp3) is 0. The molecule has 4 heteroatoms. The van der Waals surface area contributed by atoms with Crippen LogP contribution in [0.15, 0.2) is 12.7 Å². The summed E-state index contributed by atoms with van der Waals surface area (Å²) in [6.45, 7) is 3.06. The average molecular weight is 367 g/mol. The van der Waals surface area contributed by atoms with Gasteiger partial charge in [-0.05, 0) is 6.29 Å². The molecule has 0 N–H and O–H groups in total. The van der Waals surface area contributed by atoms with Crippen molar-refractivity contribution in [2.45, 2.75) is 0 Å². The Hall–Kier alpha value is 1.16. The normalized spacial score (nSPS) is 2.86. The van der Waals surface area contributed by atoms with Crippen molar-refractivity contribution in [3.05, 3.63) is 12.7 Å². The quantitative estimate of drug-likeness (QED) is 0.370. The smallest absolute Gasteiger partial charge is 0.419 e. The van der Waals surface area contributed by atoms with Gasteiger partial charge in [0.2, 0.25) is 0 Å². The molecule has 1 nitrogen and oxygen atoms in total. The number of rotatable bonds is 1. The summed E-state index contributed by atoms with van der Waals surface area (Å²) < 4.78 is 0. The molecule has 0 rings (SSSR count). The van der Waals surface area contributed by atoms with Gasteiger partial charge < -0.3 is 4.79 Å². The van der Waals surface area contributed by atoms with Gasteiger partial charge in [-0.25, -0.2) is 12.7 Å². The molecule has 0 saturated carbocycles. The van der Waals surface area contributed by atoms with E-state index in [1.54, 1.807) is 0 Å². The van der Waals surface area contributed by atoms with Crippen molar-refractivity contribution in [3.8, 4) is 0 Å². The van der Waals surface area contributed by atoms with Crippen LogP contribution < -0.4 is 0 Å². The molecule has 0 aromatic rings. The molecule has 0 aliphatic carbocycles. The van der Waals surface area contributed by atoms with E-state index in [9.17, 15) is 0 Å². The van der Waals surface area contributed by atoms with Gasteiger partial charge in [0.1, 0.15) is 0 Å². The van der Waals surface area contributed by atoms with Crippen LogP contribution in [0.25, 0.3) is 0 Å². The summed E-state index contributed by atoms with van der Waals surface area (Å²) in [4.78, 5) is 8.93. The largest absolute Gasteiger partial charge is 1.00 e. The first-order chi connectivity index (χ1) is 1.91. The number of hydrogen-bond acceptors (Lipinski definition) is 1. The van der Waals surface area contributed by atoms with E-state index < -0.39 is 0 Å². The van der Waals surface area contributed by atoms with Gasteiger partial charge in [0.05, 0.1) is 0 Å². The van der Waals surface area contributed by atoms with Gasteiger partial charge >= 0.3 is 22.4 Å². The molecule has 0 spiro atoms. The van der Waals surface area contributed by atoms with E-state index in [0.29, 0.717) is 0 Å². The SMILES string of the molecule is C=C[C-]=O.[Au+].[Fe].[Ni]. The van der Waals surface area contributed by atoms with Crippen LogP contribution in [0.2, 0.25) is 0 Å². The summed E-state index contributed by atoms with van der Waals surface area (Å²) in [5, 5.41) is 0. The van der Waals surface area contributed by atoms with E-state index in [4.69, 9.17) is 4.79 Å². The van der Waals surface area contributed by atoms with Crippen molar-refractivity contribution < 1.29 is 60.7 Å². The van der Waals surface area contributed by atoms with Crippen molar-refractivity contribution in [1.82, 2.24) is 0 Å². The van der Waals surface area contributed by atoms with Gasteiger partial charge in [0.15, 0.2) is 0 Å². The van der Waals surface area contributed by atoms with Crippen LogP contribution in [0.3, 0.4) is 0 Å². The van der Waals surface area contributed by atoms with E-state index in [2.05, 4.69) is 6.58 Å². The molecule has 0 heterocycles. The molecule has 7 heavy (non-hydrogen) atoms. The Bertz CT molecular complexity index is 35.9. The second kappa shape index (κ2) is 27.2. The van der Waals surface area contributed by atoms with Crippen LogP contribution in [-0.2, 0) is 60.7 Å². The maximum absolute atomic E-state index is 8.93. The van der Waals surface area contributed by atoms with Crippen LogP contribution in [-0.4, -0.2) is 6.29 Å². The van der Waals surface area contributed by atoms with Crippen molar-refractivity contribution in [1.29, 1.82) is 0 Å². The molecule has 0 radical (unpaired) electrons. The summed E-state index contributed by atoms with van der Waals surface area (Å²) in [5.41, 5.74) is 0. The molecule has 0 fully saturated rings. The predicted molar refractivity (Wildman–Crippen MR) is 15.9 cm³/mol. The van der Waals surface area contributed by atoms with Crippen LogP contribution >= 0.6 is 0 Å². The zero-order valence-electron chi connectivity index (χ0n) is 3.16. The monoisotopic (exact) mass is 366 g/mol. The number of hydrogen-bond donors (Lipinski definition) is 0. The second-order valence-electron chi connectivity index (χ2n) is 0.322. The molecule has 0 aliphatic heterocycles. The zero-order valence-corrected chi connectivity index (χ0v) is 7.42. The first-order valence-electron chi connectivity index (χ1n) is 0.901. The Morgan fingerprint density at radius 3 is 1.71 bits per heavy atom. The van der Waals surface area contributed by atoms with Crippen LogP contribution in [0.4, 0.5) is 0 Å². The first-order valence-corrected chi connectivity index (χ1v) is 0.901. The van der Waals surface area contributed by atoms with Gasteiger partial charge in [0.25, 0.3) is 0 Å². The number of carbonyl (C=O) groups excluding carboxylic acids is 1. The first kappa shape index (κ1) is 24.2. The van der Waals surface area contributed by atoms with Crippen molar-refractivity contribution in [2.24, 2.45) is 0 Å². The van der Waals surface area contributed by atoms with Gasteiger partial charge in [-0.3, -0.25) is 0 Å². The molecule has 0 unspecified atom stereocenters. The topological polar surface area (TPSA) is 17.1 Å². The predicted octanol–water partition coefficient (Wildman–Crippen LogP) is 0.275. The summed E-state index contributed by atoms with van der Waals surface area (Å²) in [5.74, 6) is 0. The molecular weight excluding hydrogens is 364 g/mol. The molecule has 0 saturated heterocycles. The van der Waals surface area contributed by atoms with E-state index in [0.717, 1.165) is 6.08 Å². The van der Waals surface area contributed by atoms with Crippen molar-refractivity contribution in [3.63, 3.8) is 0 Å². The molecule has 0 aromatic heterocycles. The summed E-state index contributed by atoms with van der Waals surface area (Å²) in [6, 6.07) is 0. The third-order valence-electron chi connectivity index (χ3n) is 0.0833. The average Bonchev–Trinajstić information content (AvgIpc) is 1.37. The maximum atomic E-state index is 8.93. The Balaban J connectivity index is -0.0000000150. The Morgan fingerprint density at radius 2 is 1.71 bits per heavy atom. The zero-order chi connectivity index (χ0) is 3.41. The minimum Gasteiger partial charge on any atom is -0.419 e.